The van der Waals surface area contributed by atoms with Crippen molar-refractivity contribution in [1.82, 2.24) is 4.72 Å². The quantitative estimate of drug-likeness (QED) is 0.569. The minimum atomic E-state index is -3.79. The minimum Gasteiger partial charge on any atom is -0.441 e. The number of carbonyl (C=O) groups excluding carboxylic acids is 1. The number of hydrogen-bond acceptors (Lipinski definition) is 6. The molecule has 172 valence electrons. The smallest absolute Gasteiger partial charge is 0.412 e. The molecule has 33 heavy (non-hydrogen) atoms. The number of carbonyl (C=O) groups is 1. The van der Waals surface area contributed by atoms with Gasteiger partial charge in [0, 0.05) is 10.4 Å². The van der Waals surface area contributed by atoms with Gasteiger partial charge in [0.15, 0.2) is 6.10 Å². The number of sulfonamides is 1. The third-order valence-corrected chi connectivity index (χ3v) is 7.48. The molecule has 2 heterocycles. The lowest BCUT2D eigenvalue weighted by atomic mass is 10.1. The van der Waals surface area contributed by atoms with Gasteiger partial charge in [-0.15, -0.1) is 0 Å². The van der Waals surface area contributed by atoms with Crippen molar-refractivity contribution in [3.63, 3.8) is 0 Å². The van der Waals surface area contributed by atoms with Crippen molar-refractivity contribution in [2.45, 2.75) is 29.2 Å². The van der Waals surface area contributed by atoms with E-state index in [-0.39, 0.29) is 18.1 Å². The predicted octanol–water partition coefficient (Wildman–Crippen LogP) is 3.56. The molecule has 0 saturated carbocycles. The molecule has 5 rings (SSSR count). The highest BCUT2D eigenvalue weighted by molar-refractivity contribution is 7.89. The lowest BCUT2D eigenvalue weighted by Gasteiger charge is -2.18. The number of ether oxygens (including phenoxy) is 3. The number of fused-ring (bicyclic) bond motifs is 2. The summed E-state index contributed by atoms with van der Waals surface area (Å²) in [7, 11) is -3.79. The Labute approximate surface area is 195 Å². The zero-order valence-corrected chi connectivity index (χ0v) is 18.9. The monoisotopic (exact) mass is 488 g/mol. The van der Waals surface area contributed by atoms with E-state index in [1.807, 2.05) is 36.4 Å². The Kier molecular flexibility index (Phi) is 5.98. The number of halogens is 1. The number of amides is 1. The summed E-state index contributed by atoms with van der Waals surface area (Å²) in [6.07, 6.45) is -2.42. The first-order valence-electron chi connectivity index (χ1n) is 10.4. The second kappa shape index (κ2) is 8.92. The van der Waals surface area contributed by atoms with Crippen molar-refractivity contribution in [2.75, 3.05) is 18.5 Å². The van der Waals surface area contributed by atoms with E-state index in [4.69, 9.17) is 25.8 Å². The number of rotatable bonds is 5. The number of anilines is 1. The lowest BCUT2D eigenvalue weighted by molar-refractivity contribution is 0.00884. The Morgan fingerprint density at radius 3 is 2.48 bits per heavy atom. The van der Waals surface area contributed by atoms with Gasteiger partial charge in [0.2, 0.25) is 10.0 Å². The van der Waals surface area contributed by atoms with Gasteiger partial charge in [-0.3, -0.25) is 5.32 Å². The molecular formula is C23H21ClN2O6S. The molecule has 0 aliphatic carbocycles. The van der Waals surface area contributed by atoms with E-state index in [1.54, 1.807) is 6.07 Å². The van der Waals surface area contributed by atoms with Crippen molar-refractivity contribution in [3.8, 4) is 0 Å². The van der Waals surface area contributed by atoms with E-state index in [0.717, 1.165) is 10.8 Å². The third-order valence-electron chi connectivity index (χ3n) is 5.72. The highest BCUT2D eigenvalue weighted by Crippen LogP contribution is 2.30. The zero-order valence-electron chi connectivity index (χ0n) is 17.3. The van der Waals surface area contributed by atoms with Crippen molar-refractivity contribution in [1.29, 1.82) is 0 Å². The summed E-state index contributed by atoms with van der Waals surface area (Å²) in [6, 6.07) is 18.6. The van der Waals surface area contributed by atoms with Crippen LogP contribution in [0.1, 0.15) is 0 Å². The summed E-state index contributed by atoms with van der Waals surface area (Å²) in [4.78, 5) is 12.6. The molecule has 2 aliphatic rings. The highest BCUT2D eigenvalue weighted by Gasteiger charge is 2.50. The van der Waals surface area contributed by atoms with E-state index in [2.05, 4.69) is 10.0 Å². The van der Waals surface area contributed by atoms with Gasteiger partial charge in [-0.25, -0.2) is 17.9 Å². The first kappa shape index (κ1) is 22.1. The van der Waals surface area contributed by atoms with Crippen LogP contribution in [0.25, 0.3) is 10.8 Å². The second-order valence-electron chi connectivity index (χ2n) is 7.87. The van der Waals surface area contributed by atoms with Gasteiger partial charge in [-0.1, -0.05) is 48.0 Å². The van der Waals surface area contributed by atoms with Crippen LogP contribution in [-0.2, 0) is 24.2 Å². The minimum absolute atomic E-state index is 0.0932. The Morgan fingerprint density at radius 2 is 1.67 bits per heavy atom. The second-order valence-corrected chi connectivity index (χ2v) is 10.0. The van der Waals surface area contributed by atoms with Gasteiger partial charge < -0.3 is 14.2 Å². The summed E-state index contributed by atoms with van der Waals surface area (Å²) < 4.78 is 45.1. The van der Waals surface area contributed by atoms with Crippen LogP contribution in [0.4, 0.5) is 10.5 Å². The van der Waals surface area contributed by atoms with Gasteiger partial charge in [0.1, 0.15) is 12.2 Å². The molecule has 2 saturated heterocycles. The molecule has 0 bridgehead atoms. The van der Waals surface area contributed by atoms with Crippen molar-refractivity contribution < 1.29 is 27.4 Å². The maximum absolute atomic E-state index is 12.7. The largest absolute Gasteiger partial charge is 0.441 e. The van der Waals surface area contributed by atoms with Crippen LogP contribution in [0.15, 0.2) is 71.6 Å². The van der Waals surface area contributed by atoms with E-state index < -0.39 is 40.5 Å². The highest BCUT2D eigenvalue weighted by atomic mass is 35.5. The molecule has 2 N–H and O–H groups in total. The maximum Gasteiger partial charge on any atom is 0.412 e. The molecule has 0 unspecified atom stereocenters. The molecule has 3 aromatic rings. The average molecular weight is 489 g/mol. The number of hydrogen-bond donors (Lipinski definition) is 2. The van der Waals surface area contributed by atoms with E-state index in [0.29, 0.717) is 10.7 Å². The van der Waals surface area contributed by atoms with Crippen LogP contribution in [0.3, 0.4) is 0 Å². The van der Waals surface area contributed by atoms with Crippen molar-refractivity contribution >= 4 is 44.2 Å². The fourth-order valence-corrected chi connectivity index (χ4v) is 5.52. The first-order valence-corrected chi connectivity index (χ1v) is 12.2. The molecule has 0 spiro atoms. The summed E-state index contributed by atoms with van der Waals surface area (Å²) in [6.45, 7) is 0.213. The number of benzene rings is 3. The average Bonchev–Trinajstić information content (AvgIpc) is 3.37. The Bertz CT molecular complexity index is 1280. The summed E-state index contributed by atoms with van der Waals surface area (Å²) in [5.74, 6) is 0. The molecule has 2 aliphatic heterocycles. The number of nitrogens with one attached hydrogen (secondary N) is 2. The molecule has 3 aromatic carbocycles. The van der Waals surface area contributed by atoms with Gasteiger partial charge >= 0.3 is 6.09 Å². The zero-order chi connectivity index (χ0) is 23.0. The lowest BCUT2D eigenvalue weighted by Crippen LogP contribution is -2.44. The van der Waals surface area contributed by atoms with Crippen molar-refractivity contribution in [3.05, 3.63) is 71.8 Å². The molecule has 0 aromatic heterocycles. The fraction of sp³-hybridized carbons (Fsp3) is 0.261. The first-order chi connectivity index (χ1) is 15.9. The van der Waals surface area contributed by atoms with Gasteiger partial charge in [0.25, 0.3) is 0 Å². The SMILES string of the molecule is O=C(Nc1cccc2ccccc12)O[C@@H]1CO[C@H]2[C@@H]1OC[C@@H]2NS(=O)(=O)c1ccc(Cl)cc1. The van der Waals surface area contributed by atoms with Gasteiger partial charge in [-0.05, 0) is 35.7 Å². The topological polar surface area (TPSA) is 103 Å². The van der Waals surface area contributed by atoms with Gasteiger partial charge in [0.05, 0.1) is 29.8 Å². The molecule has 1 amide bonds. The Morgan fingerprint density at radius 1 is 0.939 bits per heavy atom. The third kappa shape index (κ3) is 4.55. The Balaban J connectivity index is 1.22. The van der Waals surface area contributed by atoms with Crippen LogP contribution in [0.5, 0.6) is 0 Å². The summed E-state index contributed by atoms with van der Waals surface area (Å²) in [5.41, 5.74) is 0.634. The molecule has 0 radical (unpaired) electrons. The summed E-state index contributed by atoms with van der Waals surface area (Å²) >= 11 is 5.84. The van der Waals surface area contributed by atoms with Crippen LogP contribution in [-0.4, -0.2) is 52.1 Å². The molecular weight excluding hydrogens is 468 g/mol. The van der Waals surface area contributed by atoms with Crippen LogP contribution in [0.2, 0.25) is 5.02 Å². The molecule has 8 nitrogen and oxygen atoms in total. The standard InChI is InChI=1S/C23H21ClN2O6S/c24-15-8-10-16(11-9-15)33(28,29)26-19-12-30-22-20(13-31-21(19)22)32-23(27)25-18-7-3-5-14-4-1-2-6-17(14)18/h1-11,19-22,26H,12-13H2,(H,25,27)/t19-,20+,21+,22+/m0/s1. The van der Waals surface area contributed by atoms with Crippen molar-refractivity contribution in [2.24, 2.45) is 0 Å². The van der Waals surface area contributed by atoms with E-state index in [9.17, 15) is 13.2 Å². The molecule has 10 heteroatoms. The molecule has 4 atom stereocenters. The Hall–Kier alpha value is -2.69. The predicted molar refractivity (Wildman–Crippen MR) is 123 cm³/mol. The summed E-state index contributed by atoms with van der Waals surface area (Å²) in [5, 5.41) is 5.11. The fourth-order valence-electron chi connectivity index (χ4n) is 4.16. The molecule has 2 fully saturated rings. The van der Waals surface area contributed by atoms with Crippen LogP contribution >= 0.6 is 11.6 Å². The van der Waals surface area contributed by atoms with Gasteiger partial charge in [-0.2, -0.15) is 0 Å². The van der Waals surface area contributed by atoms with Crippen LogP contribution < -0.4 is 10.0 Å². The van der Waals surface area contributed by atoms with E-state index >= 15 is 0 Å². The maximum atomic E-state index is 12.7. The normalized spacial score (nSPS) is 24.5. The van der Waals surface area contributed by atoms with Crippen LogP contribution in [0, 0.1) is 0 Å². The van der Waals surface area contributed by atoms with E-state index in [1.165, 1.54) is 24.3 Å².